The first-order valence-corrected chi connectivity index (χ1v) is 13.9. The topological polar surface area (TPSA) is 127 Å². The number of ether oxygens (including phenoxy) is 3. The summed E-state index contributed by atoms with van der Waals surface area (Å²) in [4.78, 5) is 44.9. The second-order valence-corrected chi connectivity index (χ2v) is 12.5. The average molecular weight is 578 g/mol. The van der Waals surface area contributed by atoms with Crippen LogP contribution in [0.25, 0.3) is 22.2 Å². The lowest BCUT2D eigenvalue weighted by atomic mass is 9.85. The first-order chi connectivity index (χ1) is 19.7. The van der Waals surface area contributed by atoms with Crippen molar-refractivity contribution < 1.29 is 33.7 Å². The predicted molar refractivity (Wildman–Crippen MR) is 159 cm³/mol. The number of fused-ring (bicyclic) bond motifs is 1. The first-order valence-electron chi connectivity index (χ1n) is 13.9. The molecular weight excluding hydrogens is 538 g/mol. The highest BCUT2D eigenvalue weighted by Crippen LogP contribution is 2.35. The zero-order chi connectivity index (χ0) is 30.8. The number of likely N-dealkylation sites (tertiary alicyclic amines) is 1. The van der Waals surface area contributed by atoms with Crippen molar-refractivity contribution >= 4 is 28.9 Å². The summed E-state index contributed by atoms with van der Waals surface area (Å²) in [6.07, 6.45) is -1.31. The van der Waals surface area contributed by atoms with Gasteiger partial charge in [0, 0.05) is 23.4 Å². The fourth-order valence-electron chi connectivity index (χ4n) is 4.94. The molecule has 2 aromatic carbocycles. The fourth-order valence-corrected chi connectivity index (χ4v) is 4.94. The zero-order valence-electron chi connectivity index (χ0n) is 25.1. The van der Waals surface area contributed by atoms with Crippen molar-refractivity contribution in [1.29, 1.82) is 0 Å². The Morgan fingerprint density at radius 1 is 1.02 bits per heavy atom. The van der Waals surface area contributed by atoms with Gasteiger partial charge in [0.15, 0.2) is 0 Å². The summed E-state index contributed by atoms with van der Waals surface area (Å²) in [5.74, 6) is -0.543. The van der Waals surface area contributed by atoms with Crippen LogP contribution in [0.2, 0.25) is 0 Å². The zero-order valence-corrected chi connectivity index (χ0v) is 25.1. The van der Waals surface area contributed by atoms with Gasteiger partial charge in [-0.05, 0) is 44.4 Å². The molecule has 4 rings (SSSR count). The Bertz CT molecular complexity index is 1460. The molecule has 2 amide bonds. The van der Waals surface area contributed by atoms with Crippen molar-refractivity contribution in [1.82, 2.24) is 15.2 Å². The Hall–Kier alpha value is -4.34. The second-order valence-electron chi connectivity index (χ2n) is 12.5. The van der Waals surface area contributed by atoms with E-state index in [1.165, 1.54) is 4.90 Å². The monoisotopic (exact) mass is 577 g/mol. The van der Waals surface area contributed by atoms with Gasteiger partial charge in [-0.2, -0.15) is 0 Å². The average Bonchev–Trinajstić information content (AvgIpc) is 3.34. The number of aliphatic carboxylic acids is 1. The molecule has 0 saturated carbocycles. The molecule has 42 heavy (non-hydrogen) atoms. The number of hydrogen-bond donors (Lipinski definition) is 2. The third-order valence-electron chi connectivity index (χ3n) is 6.95. The van der Waals surface area contributed by atoms with Crippen LogP contribution in [-0.4, -0.2) is 70.4 Å². The summed E-state index contributed by atoms with van der Waals surface area (Å²) in [6.45, 7) is 10.6. The number of pyridine rings is 1. The summed E-state index contributed by atoms with van der Waals surface area (Å²) in [7, 11) is 1.57. The van der Waals surface area contributed by atoms with Crippen LogP contribution in [0.5, 0.6) is 11.5 Å². The number of amides is 2. The number of hydrogen-bond acceptors (Lipinski definition) is 7. The number of nitrogens with one attached hydrogen (secondary N) is 1. The molecule has 10 heteroatoms. The predicted octanol–water partition coefficient (Wildman–Crippen LogP) is 5.28. The maximum absolute atomic E-state index is 13.9. The number of nitrogens with zero attached hydrogens (tertiary/aromatic N) is 2. The molecule has 1 saturated heterocycles. The summed E-state index contributed by atoms with van der Waals surface area (Å²) in [5.41, 5.74) is 0.784. The van der Waals surface area contributed by atoms with Crippen molar-refractivity contribution in [3.63, 3.8) is 0 Å². The molecule has 0 aliphatic carbocycles. The van der Waals surface area contributed by atoms with E-state index in [0.29, 0.717) is 28.1 Å². The summed E-state index contributed by atoms with van der Waals surface area (Å²) < 4.78 is 17.3. The minimum absolute atomic E-state index is 0.0207. The molecule has 0 bridgehead atoms. The number of aromatic nitrogens is 1. The van der Waals surface area contributed by atoms with E-state index in [-0.39, 0.29) is 13.0 Å². The van der Waals surface area contributed by atoms with Crippen LogP contribution < -0.4 is 14.8 Å². The minimum atomic E-state index is -1.15. The van der Waals surface area contributed by atoms with Crippen molar-refractivity contribution in [2.45, 2.75) is 71.8 Å². The molecule has 1 fully saturated rings. The van der Waals surface area contributed by atoms with Gasteiger partial charge < -0.3 is 29.5 Å². The molecule has 3 atom stereocenters. The molecule has 10 nitrogen and oxygen atoms in total. The molecule has 0 radical (unpaired) electrons. The highest BCUT2D eigenvalue weighted by atomic mass is 16.6. The molecule has 2 N–H and O–H groups in total. The van der Waals surface area contributed by atoms with E-state index in [4.69, 9.17) is 19.2 Å². The normalized spacial score (nSPS) is 17.9. The summed E-state index contributed by atoms with van der Waals surface area (Å²) in [6, 6.07) is 14.8. The quantitative estimate of drug-likeness (QED) is 0.388. The Labute approximate surface area is 246 Å². The SMILES string of the molecule is COc1ccc2nc(-c3ccccc3)cc(O[C@@H]3CC(C(=O)O)N(C(=O)[C@@H](NC(=O)OC(C)(C)C)C(C)(C)C)C3)c2c1. The van der Waals surface area contributed by atoms with Gasteiger partial charge >= 0.3 is 12.1 Å². The molecule has 0 spiro atoms. The van der Waals surface area contributed by atoms with E-state index in [0.717, 1.165) is 5.56 Å². The Balaban J connectivity index is 1.65. The smallest absolute Gasteiger partial charge is 0.408 e. The van der Waals surface area contributed by atoms with Gasteiger partial charge in [-0.15, -0.1) is 0 Å². The molecular formula is C32H39N3O7. The molecule has 1 unspecified atom stereocenters. The van der Waals surface area contributed by atoms with E-state index in [2.05, 4.69) is 5.32 Å². The number of alkyl carbamates (subject to hydrolysis) is 1. The van der Waals surface area contributed by atoms with Crippen LogP contribution in [0.4, 0.5) is 4.79 Å². The van der Waals surface area contributed by atoms with Gasteiger partial charge in [0.25, 0.3) is 0 Å². The third kappa shape index (κ3) is 7.10. The number of methoxy groups -OCH3 is 1. The largest absolute Gasteiger partial charge is 0.497 e. The minimum Gasteiger partial charge on any atom is -0.497 e. The maximum atomic E-state index is 13.9. The van der Waals surface area contributed by atoms with Crippen LogP contribution in [0, 0.1) is 5.41 Å². The van der Waals surface area contributed by atoms with E-state index in [1.807, 2.05) is 54.6 Å². The van der Waals surface area contributed by atoms with Crippen LogP contribution in [0.1, 0.15) is 48.0 Å². The van der Waals surface area contributed by atoms with Crippen molar-refractivity contribution in [3.8, 4) is 22.8 Å². The van der Waals surface area contributed by atoms with Crippen LogP contribution in [0.3, 0.4) is 0 Å². The standard InChI is InChI=1S/C32H39N3O7/c1-31(2,3)27(34-30(39)42-32(4,5)6)28(36)35-18-21(16-25(35)29(37)38)41-26-17-24(19-11-9-8-10-12-19)33-23-14-13-20(40-7)15-22(23)26/h8-15,17,21,25,27H,16,18H2,1-7H3,(H,34,39)(H,37,38)/t21-,25?,27-/m1/s1. The Morgan fingerprint density at radius 2 is 1.71 bits per heavy atom. The van der Waals surface area contributed by atoms with Crippen molar-refractivity contribution in [2.24, 2.45) is 5.41 Å². The Kier molecular flexibility index (Phi) is 8.65. The van der Waals surface area contributed by atoms with Gasteiger partial charge in [-0.25, -0.2) is 14.6 Å². The van der Waals surface area contributed by atoms with Crippen molar-refractivity contribution in [2.75, 3.05) is 13.7 Å². The van der Waals surface area contributed by atoms with E-state index < -0.39 is 47.2 Å². The number of benzene rings is 2. The van der Waals surface area contributed by atoms with Crippen LogP contribution >= 0.6 is 0 Å². The highest BCUT2D eigenvalue weighted by Gasteiger charge is 2.46. The molecule has 1 aliphatic rings. The summed E-state index contributed by atoms with van der Waals surface area (Å²) >= 11 is 0. The van der Waals surface area contributed by atoms with Crippen LogP contribution in [-0.2, 0) is 14.3 Å². The third-order valence-corrected chi connectivity index (χ3v) is 6.95. The Morgan fingerprint density at radius 3 is 2.31 bits per heavy atom. The lowest BCUT2D eigenvalue weighted by Crippen LogP contribution is -2.57. The van der Waals surface area contributed by atoms with Crippen LogP contribution in [0.15, 0.2) is 54.6 Å². The van der Waals surface area contributed by atoms with E-state index >= 15 is 0 Å². The number of carbonyl (C=O) groups is 3. The first kappa shape index (κ1) is 30.6. The lowest BCUT2D eigenvalue weighted by molar-refractivity contribution is -0.150. The van der Waals surface area contributed by atoms with Gasteiger partial charge in [0.2, 0.25) is 5.91 Å². The van der Waals surface area contributed by atoms with Gasteiger partial charge in [0.1, 0.15) is 35.3 Å². The van der Waals surface area contributed by atoms with E-state index in [1.54, 1.807) is 48.7 Å². The lowest BCUT2D eigenvalue weighted by Gasteiger charge is -2.35. The molecule has 1 aromatic heterocycles. The number of carbonyl (C=O) groups excluding carboxylic acids is 2. The van der Waals surface area contributed by atoms with E-state index in [9.17, 15) is 19.5 Å². The van der Waals surface area contributed by atoms with Gasteiger partial charge in [-0.1, -0.05) is 51.1 Å². The fraction of sp³-hybridized carbons (Fsp3) is 0.438. The summed E-state index contributed by atoms with van der Waals surface area (Å²) in [5, 5.41) is 13.4. The second kappa shape index (κ2) is 11.9. The number of carboxylic acids is 1. The maximum Gasteiger partial charge on any atom is 0.408 e. The molecule has 1 aliphatic heterocycles. The van der Waals surface area contributed by atoms with Gasteiger partial charge in [0.05, 0.1) is 24.9 Å². The van der Waals surface area contributed by atoms with Gasteiger partial charge in [-0.3, -0.25) is 4.79 Å². The molecule has 3 aromatic rings. The number of carboxylic acid groups (broad SMARTS) is 1. The molecule has 2 heterocycles. The molecule has 224 valence electrons. The highest BCUT2D eigenvalue weighted by molar-refractivity contribution is 5.91. The number of rotatable bonds is 7. The van der Waals surface area contributed by atoms with Crippen molar-refractivity contribution in [3.05, 3.63) is 54.6 Å².